The van der Waals surface area contributed by atoms with Crippen LogP contribution in [0.1, 0.15) is 18.4 Å². The lowest BCUT2D eigenvalue weighted by Crippen LogP contribution is -2.14. The number of benzene rings is 1. The van der Waals surface area contributed by atoms with Crippen molar-refractivity contribution in [3.63, 3.8) is 0 Å². The molecule has 76 valence electrons. The average molecular weight is 261 g/mol. The Labute approximate surface area is 89.5 Å². The van der Waals surface area contributed by atoms with Crippen LogP contribution in [0.4, 0.5) is 4.39 Å². The van der Waals surface area contributed by atoms with Crippen molar-refractivity contribution in [2.24, 2.45) is 0 Å². The molecule has 1 aliphatic carbocycles. The van der Waals surface area contributed by atoms with Gasteiger partial charge in [0.2, 0.25) is 0 Å². The van der Waals surface area contributed by atoms with E-state index >= 15 is 0 Å². The van der Waals surface area contributed by atoms with Crippen molar-refractivity contribution >= 4 is 15.9 Å². The minimum atomic E-state index is -0.533. The zero-order valence-electron chi connectivity index (χ0n) is 7.43. The fraction of sp³-hybridized carbons (Fsp3) is 0.400. The van der Waals surface area contributed by atoms with Gasteiger partial charge in [0.05, 0.1) is 6.61 Å². The van der Waals surface area contributed by atoms with Gasteiger partial charge in [0.1, 0.15) is 11.6 Å². The summed E-state index contributed by atoms with van der Waals surface area (Å²) in [7, 11) is 0. The molecule has 0 aliphatic heterocycles. The zero-order chi connectivity index (χ0) is 10.3. The number of aliphatic hydroxyl groups is 1. The highest BCUT2D eigenvalue weighted by molar-refractivity contribution is 9.10. The lowest BCUT2D eigenvalue weighted by Gasteiger charge is -2.15. The molecule has 2 N–H and O–H groups in total. The third kappa shape index (κ3) is 1.42. The summed E-state index contributed by atoms with van der Waals surface area (Å²) in [5, 5.41) is 18.7. The summed E-state index contributed by atoms with van der Waals surface area (Å²) in [6.07, 6.45) is 1.46. The van der Waals surface area contributed by atoms with Crippen LogP contribution in [-0.4, -0.2) is 16.8 Å². The van der Waals surface area contributed by atoms with Crippen molar-refractivity contribution in [2.75, 3.05) is 6.61 Å². The van der Waals surface area contributed by atoms with Crippen molar-refractivity contribution in [1.29, 1.82) is 0 Å². The van der Waals surface area contributed by atoms with Gasteiger partial charge in [0.25, 0.3) is 0 Å². The highest BCUT2D eigenvalue weighted by Gasteiger charge is 2.47. The van der Waals surface area contributed by atoms with Gasteiger partial charge in [-0.25, -0.2) is 4.39 Å². The minimum absolute atomic E-state index is 0.0802. The van der Waals surface area contributed by atoms with Gasteiger partial charge in [-0.3, -0.25) is 0 Å². The van der Waals surface area contributed by atoms with Crippen molar-refractivity contribution in [1.82, 2.24) is 0 Å². The molecule has 0 bridgehead atoms. The van der Waals surface area contributed by atoms with Gasteiger partial charge in [-0.15, -0.1) is 0 Å². The number of phenols is 1. The van der Waals surface area contributed by atoms with Gasteiger partial charge in [-0.1, -0.05) is 15.9 Å². The Balaban J connectivity index is 2.53. The Morgan fingerprint density at radius 1 is 1.43 bits per heavy atom. The summed E-state index contributed by atoms with van der Waals surface area (Å²) in [4.78, 5) is 0. The van der Waals surface area contributed by atoms with E-state index < -0.39 is 11.2 Å². The first-order valence-corrected chi connectivity index (χ1v) is 5.18. The smallest absolute Gasteiger partial charge is 0.131 e. The second-order valence-corrected chi connectivity index (χ2v) is 4.64. The number of rotatable bonds is 2. The molecule has 0 radical (unpaired) electrons. The van der Waals surface area contributed by atoms with Crippen molar-refractivity contribution < 1.29 is 14.6 Å². The quantitative estimate of drug-likeness (QED) is 0.857. The molecule has 1 saturated carbocycles. The van der Waals surface area contributed by atoms with Crippen molar-refractivity contribution in [3.8, 4) is 5.75 Å². The average Bonchev–Trinajstić information content (AvgIpc) is 2.83. The molecule has 1 aromatic carbocycles. The predicted molar refractivity (Wildman–Crippen MR) is 53.8 cm³/mol. The number of phenolic OH excluding ortho intramolecular Hbond substituents is 1. The molecule has 1 aromatic rings. The summed E-state index contributed by atoms with van der Waals surface area (Å²) in [6, 6.07) is 2.76. The second kappa shape index (κ2) is 3.21. The van der Waals surface area contributed by atoms with Crippen LogP contribution in [0.25, 0.3) is 0 Å². The molecule has 1 aliphatic rings. The van der Waals surface area contributed by atoms with Crippen LogP contribution in [0.5, 0.6) is 5.75 Å². The molecule has 2 nitrogen and oxygen atoms in total. The Morgan fingerprint density at radius 2 is 2.07 bits per heavy atom. The molecule has 0 amide bonds. The Bertz CT molecular complexity index is 351. The molecule has 0 saturated heterocycles. The number of aliphatic hydroxyl groups excluding tert-OH is 1. The maximum absolute atomic E-state index is 13.5. The van der Waals surface area contributed by atoms with E-state index in [4.69, 9.17) is 5.11 Å². The highest BCUT2D eigenvalue weighted by Crippen LogP contribution is 2.52. The standard InChI is InChI=1S/C10H10BrFO2/c11-6-3-7(12)9(8(14)4-6)10(5-13)1-2-10/h3-4,13-14H,1-2,5H2. The molecule has 2 rings (SSSR count). The lowest BCUT2D eigenvalue weighted by atomic mass is 9.95. The summed E-state index contributed by atoms with van der Waals surface area (Å²) in [5.74, 6) is -0.535. The third-order valence-electron chi connectivity index (χ3n) is 2.72. The van der Waals surface area contributed by atoms with E-state index in [0.29, 0.717) is 4.47 Å². The van der Waals surface area contributed by atoms with Crippen molar-refractivity contribution in [2.45, 2.75) is 18.3 Å². The summed E-state index contributed by atoms with van der Waals surface area (Å²) < 4.78 is 14.0. The maximum atomic E-state index is 13.5. The van der Waals surface area contributed by atoms with Gasteiger partial charge in [0, 0.05) is 15.5 Å². The maximum Gasteiger partial charge on any atom is 0.131 e. The summed E-state index contributed by atoms with van der Waals surface area (Å²) in [5.41, 5.74) is -0.280. The number of halogens is 2. The molecule has 0 heterocycles. The fourth-order valence-corrected chi connectivity index (χ4v) is 2.14. The molecule has 0 spiro atoms. The van der Waals surface area contributed by atoms with E-state index in [0.717, 1.165) is 12.8 Å². The van der Waals surface area contributed by atoms with Gasteiger partial charge in [-0.2, -0.15) is 0 Å². The van der Waals surface area contributed by atoms with E-state index in [1.54, 1.807) is 0 Å². The molecule has 0 aromatic heterocycles. The Hall–Kier alpha value is -0.610. The van der Waals surface area contributed by atoms with Gasteiger partial charge >= 0.3 is 0 Å². The van der Waals surface area contributed by atoms with Crippen molar-refractivity contribution in [3.05, 3.63) is 28.0 Å². The largest absolute Gasteiger partial charge is 0.507 e. The molecule has 4 heteroatoms. The molecule has 0 atom stereocenters. The highest BCUT2D eigenvalue weighted by atomic mass is 79.9. The van der Waals surface area contributed by atoms with Crippen LogP contribution in [0.2, 0.25) is 0 Å². The predicted octanol–water partition coefficient (Wildman–Crippen LogP) is 2.32. The van der Waals surface area contributed by atoms with Gasteiger partial charge < -0.3 is 10.2 Å². The molecule has 14 heavy (non-hydrogen) atoms. The normalized spacial score (nSPS) is 18.2. The minimum Gasteiger partial charge on any atom is -0.507 e. The van der Waals surface area contributed by atoms with Crippen LogP contribution in [-0.2, 0) is 5.41 Å². The number of hydrogen-bond acceptors (Lipinski definition) is 2. The Morgan fingerprint density at radius 3 is 2.50 bits per heavy atom. The van der Waals surface area contributed by atoms with Crippen LogP contribution >= 0.6 is 15.9 Å². The van der Waals surface area contributed by atoms with E-state index in [9.17, 15) is 9.50 Å². The van der Waals surface area contributed by atoms with Crippen LogP contribution in [0, 0.1) is 5.82 Å². The van der Waals surface area contributed by atoms with E-state index in [-0.39, 0.29) is 17.9 Å². The lowest BCUT2D eigenvalue weighted by molar-refractivity contribution is 0.248. The van der Waals surface area contributed by atoms with Crippen LogP contribution in [0.15, 0.2) is 16.6 Å². The molecule has 1 fully saturated rings. The van der Waals surface area contributed by atoms with Gasteiger partial charge in [0.15, 0.2) is 0 Å². The monoisotopic (exact) mass is 260 g/mol. The Kier molecular flexibility index (Phi) is 2.27. The third-order valence-corrected chi connectivity index (χ3v) is 3.18. The second-order valence-electron chi connectivity index (χ2n) is 3.72. The summed E-state index contributed by atoms with van der Waals surface area (Å²) in [6.45, 7) is -0.112. The molecular weight excluding hydrogens is 251 g/mol. The van der Waals surface area contributed by atoms with E-state index in [1.807, 2.05) is 0 Å². The topological polar surface area (TPSA) is 40.5 Å². The van der Waals surface area contributed by atoms with Crippen LogP contribution < -0.4 is 0 Å². The van der Waals surface area contributed by atoms with E-state index in [2.05, 4.69) is 15.9 Å². The SMILES string of the molecule is OCC1(c2c(O)cc(Br)cc2F)CC1. The van der Waals surface area contributed by atoms with Crippen LogP contribution in [0.3, 0.4) is 0 Å². The first-order chi connectivity index (χ1) is 6.59. The molecular formula is C10H10BrFO2. The number of hydrogen-bond donors (Lipinski definition) is 2. The number of aromatic hydroxyl groups is 1. The van der Waals surface area contributed by atoms with E-state index in [1.165, 1.54) is 12.1 Å². The first-order valence-electron chi connectivity index (χ1n) is 4.38. The summed E-state index contributed by atoms with van der Waals surface area (Å²) >= 11 is 3.09. The van der Waals surface area contributed by atoms with Gasteiger partial charge in [-0.05, 0) is 25.0 Å². The zero-order valence-corrected chi connectivity index (χ0v) is 9.01. The fourth-order valence-electron chi connectivity index (χ4n) is 1.72. The first kappa shape index (κ1) is 9.93. The molecule has 0 unspecified atom stereocenters.